The van der Waals surface area contributed by atoms with Crippen LogP contribution in [0.15, 0.2) is 30.3 Å². The molecule has 1 fully saturated rings. The van der Waals surface area contributed by atoms with Gasteiger partial charge in [0.25, 0.3) is 0 Å². The molecule has 26 heavy (non-hydrogen) atoms. The summed E-state index contributed by atoms with van der Waals surface area (Å²) in [4.78, 5) is 39.4. The molecule has 7 heteroatoms. The molecule has 1 heterocycles. The van der Waals surface area contributed by atoms with Gasteiger partial charge in [0.2, 0.25) is 11.8 Å². The van der Waals surface area contributed by atoms with Crippen molar-refractivity contribution in [3.05, 3.63) is 35.9 Å². The smallest absolute Gasteiger partial charge is 0.409 e. The van der Waals surface area contributed by atoms with E-state index in [-0.39, 0.29) is 30.4 Å². The lowest BCUT2D eigenvalue weighted by molar-refractivity contribution is -0.134. The summed E-state index contributed by atoms with van der Waals surface area (Å²) in [5.74, 6) is -0.466. The zero-order chi connectivity index (χ0) is 18.9. The fourth-order valence-corrected chi connectivity index (χ4v) is 2.86. The first-order valence-electron chi connectivity index (χ1n) is 9.02. The lowest BCUT2D eigenvalue weighted by Crippen LogP contribution is -2.53. The molecular formula is C19H27N3O4. The summed E-state index contributed by atoms with van der Waals surface area (Å²) in [6.07, 6.45) is 0.293. The van der Waals surface area contributed by atoms with Gasteiger partial charge < -0.3 is 19.9 Å². The summed E-state index contributed by atoms with van der Waals surface area (Å²) >= 11 is 0. The number of piperazine rings is 1. The van der Waals surface area contributed by atoms with E-state index in [0.717, 1.165) is 5.56 Å². The van der Waals surface area contributed by atoms with Gasteiger partial charge in [0.05, 0.1) is 13.2 Å². The molecule has 0 saturated carbocycles. The van der Waals surface area contributed by atoms with Crippen molar-refractivity contribution in [1.29, 1.82) is 0 Å². The molecule has 1 aromatic rings. The fraction of sp³-hybridized carbons (Fsp3) is 0.526. The first-order chi connectivity index (χ1) is 12.5. The highest BCUT2D eigenvalue weighted by molar-refractivity contribution is 5.86. The molecule has 1 saturated heterocycles. The Morgan fingerprint density at radius 3 is 2.31 bits per heavy atom. The molecule has 1 aliphatic rings. The fourth-order valence-electron chi connectivity index (χ4n) is 2.86. The van der Waals surface area contributed by atoms with Crippen molar-refractivity contribution >= 4 is 17.9 Å². The second kappa shape index (κ2) is 9.79. The minimum Gasteiger partial charge on any atom is -0.450 e. The van der Waals surface area contributed by atoms with Crippen molar-refractivity contribution in [3.8, 4) is 0 Å². The maximum absolute atomic E-state index is 12.3. The molecule has 1 unspecified atom stereocenters. The molecule has 1 atom stereocenters. The normalized spacial score (nSPS) is 15.3. The van der Waals surface area contributed by atoms with Gasteiger partial charge in [-0.15, -0.1) is 0 Å². The van der Waals surface area contributed by atoms with E-state index in [0.29, 0.717) is 39.2 Å². The highest BCUT2D eigenvalue weighted by Crippen LogP contribution is 2.08. The van der Waals surface area contributed by atoms with E-state index in [4.69, 9.17) is 4.74 Å². The van der Waals surface area contributed by atoms with Crippen molar-refractivity contribution in [2.75, 3.05) is 39.3 Å². The van der Waals surface area contributed by atoms with Crippen LogP contribution in [0, 0.1) is 5.92 Å². The second-order valence-corrected chi connectivity index (χ2v) is 6.38. The Hall–Kier alpha value is -2.57. The number of carbonyl (C=O) groups excluding carboxylic acids is 3. The summed E-state index contributed by atoms with van der Waals surface area (Å²) in [5, 5.41) is 2.72. The number of hydrogen-bond donors (Lipinski definition) is 1. The number of nitrogens with zero attached hydrogens (tertiary/aromatic N) is 2. The lowest BCUT2D eigenvalue weighted by Gasteiger charge is -2.34. The Morgan fingerprint density at radius 1 is 1.08 bits per heavy atom. The van der Waals surface area contributed by atoms with Crippen LogP contribution < -0.4 is 5.32 Å². The van der Waals surface area contributed by atoms with Gasteiger partial charge in [0.1, 0.15) is 0 Å². The van der Waals surface area contributed by atoms with Crippen LogP contribution in [0.5, 0.6) is 0 Å². The van der Waals surface area contributed by atoms with Gasteiger partial charge in [-0.25, -0.2) is 4.79 Å². The molecule has 7 nitrogen and oxygen atoms in total. The summed E-state index contributed by atoms with van der Waals surface area (Å²) in [5.41, 5.74) is 1.09. The average Bonchev–Trinajstić information content (AvgIpc) is 2.67. The first-order valence-corrected chi connectivity index (χ1v) is 9.02. The molecular weight excluding hydrogens is 334 g/mol. The van der Waals surface area contributed by atoms with Crippen LogP contribution in [-0.4, -0.2) is 67.0 Å². The Labute approximate surface area is 154 Å². The van der Waals surface area contributed by atoms with E-state index in [9.17, 15) is 14.4 Å². The quantitative estimate of drug-likeness (QED) is 0.828. The van der Waals surface area contributed by atoms with Crippen molar-refractivity contribution < 1.29 is 19.1 Å². The zero-order valence-electron chi connectivity index (χ0n) is 15.4. The monoisotopic (exact) mass is 361 g/mol. The Morgan fingerprint density at radius 2 is 1.69 bits per heavy atom. The predicted molar refractivity (Wildman–Crippen MR) is 97.5 cm³/mol. The number of amides is 3. The lowest BCUT2D eigenvalue weighted by atomic mass is 10.0. The maximum Gasteiger partial charge on any atom is 0.409 e. The first kappa shape index (κ1) is 19.8. The van der Waals surface area contributed by atoms with E-state index >= 15 is 0 Å². The van der Waals surface area contributed by atoms with E-state index < -0.39 is 0 Å². The third kappa shape index (κ3) is 5.75. The number of ether oxygens (including phenoxy) is 1. The molecule has 0 aromatic heterocycles. The van der Waals surface area contributed by atoms with E-state index in [1.807, 2.05) is 37.3 Å². The van der Waals surface area contributed by atoms with Crippen LogP contribution in [0.25, 0.3) is 0 Å². The highest BCUT2D eigenvalue weighted by atomic mass is 16.6. The van der Waals surface area contributed by atoms with Crippen molar-refractivity contribution in [2.24, 2.45) is 5.92 Å². The van der Waals surface area contributed by atoms with Crippen LogP contribution >= 0.6 is 0 Å². The molecule has 0 spiro atoms. The standard InChI is InChI=1S/C19H27N3O4/c1-3-26-19(25)22-11-9-21(10-12-22)17(23)14-20-18(24)15(2)13-16-7-5-4-6-8-16/h4-8,15H,3,9-14H2,1-2H3,(H,20,24). The summed E-state index contributed by atoms with van der Waals surface area (Å²) in [6.45, 7) is 5.73. The second-order valence-electron chi connectivity index (χ2n) is 6.38. The Bertz CT molecular complexity index is 612. The summed E-state index contributed by atoms with van der Waals surface area (Å²) in [7, 11) is 0. The van der Waals surface area contributed by atoms with Gasteiger partial charge in [-0.05, 0) is 18.9 Å². The Kier molecular flexibility index (Phi) is 7.44. The van der Waals surface area contributed by atoms with E-state index in [1.54, 1.807) is 16.7 Å². The van der Waals surface area contributed by atoms with Gasteiger partial charge in [0, 0.05) is 32.1 Å². The average molecular weight is 361 g/mol. The zero-order valence-corrected chi connectivity index (χ0v) is 15.4. The molecule has 2 rings (SSSR count). The summed E-state index contributed by atoms with van der Waals surface area (Å²) in [6, 6.07) is 9.80. The van der Waals surface area contributed by atoms with Crippen LogP contribution in [0.2, 0.25) is 0 Å². The van der Waals surface area contributed by atoms with Gasteiger partial charge in [-0.2, -0.15) is 0 Å². The minimum absolute atomic E-state index is 0.0165. The van der Waals surface area contributed by atoms with E-state index in [1.165, 1.54) is 0 Å². The van der Waals surface area contributed by atoms with Crippen LogP contribution in [0.4, 0.5) is 4.79 Å². The molecule has 0 bridgehead atoms. The molecule has 1 aromatic carbocycles. The van der Waals surface area contributed by atoms with Gasteiger partial charge in [-0.1, -0.05) is 37.3 Å². The molecule has 0 aliphatic carbocycles. The van der Waals surface area contributed by atoms with Crippen molar-refractivity contribution in [2.45, 2.75) is 20.3 Å². The number of carbonyl (C=O) groups is 3. The molecule has 0 radical (unpaired) electrons. The molecule has 1 N–H and O–H groups in total. The Balaban J connectivity index is 1.71. The van der Waals surface area contributed by atoms with Gasteiger partial charge >= 0.3 is 6.09 Å². The van der Waals surface area contributed by atoms with Crippen molar-refractivity contribution in [3.63, 3.8) is 0 Å². The van der Waals surface area contributed by atoms with Gasteiger partial charge in [0.15, 0.2) is 0 Å². The maximum atomic E-state index is 12.3. The highest BCUT2D eigenvalue weighted by Gasteiger charge is 2.25. The minimum atomic E-state index is -0.345. The van der Waals surface area contributed by atoms with Crippen LogP contribution in [0.3, 0.4) is 0 Å². The number of nitrogens with one attached hydrogen (secondary N) is 1. The molecule has 1 aliphatic heterocycles. The number of benzene rings is 1. The molecule has 3 amide bonds. The third-order valence-electron chi connectivity index (χ3n) is 4.40. The molecule has 142 valence electrons. The van der Waals surface area contributed by atoms with Crippen molar-refractivity contribution in [1.82, 2.24) is 15.1 Å². The number of rotatable bonds is 6. The predicted octanol–water partition coefficient (Wildman–Crippen LogP) is 1.28. The number of hydrogen-bond acceptors (Lipinski definition) is 4. The largest absolute Gasteiger partial charge is 0.450 e. The topological polar surface area (TPSA) is 79.0 Å². The van der Waals surface area contributed by atoms with Crippen LogP contribution in [0.1, 0.15) is 19.4 Å². The third-order valence-corrected chi connectivity index (χ3v) is 4.40. The SMILES string of the molecule is CCOC(=O)N1CCN(C(=O)CNC(=O)C(C)Cc2ccccc2)CC1. The van der Waals surface area contributed by atoms with Crippen LogP contribution in [-0.2, 0) is 20.7 Å². The summed E-state index contributed by atoms with van der Waals surface area (Å²) < 4.78 is 4.96. The van der Waals surface area contributed by atoms with E-state index in [2.05, 4.69) is 5.32 Å². The van der Waals surface area contributed by atoms with Gasteiger partial charge in [-0.3, -0.25) is 9.59 Å².